The van der Waals surface area contributed by atoms with E-state index in [1.807, 2.05) is 6.08 Å². The lowest BCUT2D eigenvalue weighted by Crippen LogP contribution is -2.60. The summed E-state index contributed by atoms with van der Waals surface area (Å²) in [6.45, 7) is 3.60. The first-order chi connectivity index (χ1) is 30.8. The molecule has 0 aromatic heterocycles. The van der Waals surface area contributed by atoms with Gasteiger partial charge in [-0.1, -0.05) is 182 Å². The Morgan fingerprint density at radius 3 is 1.52 bits per heavy atom. The third kappa shape index (κ3) is 33.3. The second-order valence-corrected chi connectivity index (χ2v) is 16.9. The fraction of sp³-hybridized carbons (Fsp3) is 0.685. The molecule has 0 bridgehead atoms. The van der Waals surface area contributed by atoms with Crippen LogP contribution in [0.4, 0.5) is 0 Å². The number of amides is 1. The summed E-state index contributed by atoms with van der Waals surface area (Å²) in [6, 6.07) is -0.837. The Morgan fingerprint density at radius 2 is 1.00 bits per heavy atom. The molecule has 360 valence electrons. The number of hydrogen-bond donors (Lipinski definition) is 6. The minimum absolute atomic E-state index is 0.203. The molecule has 1 aliphatic heterocycles. The molecule has 1 heterocycles. The molecule has 0 aliphatic carbocycles. The molecule has 0 spiro atoms. The van der Waals surface area contributed by atoms with Crippen molar-refractivity contribution in [2.24, 2.45) is 0 Å². The number of unbranched alkanes of at least 4 members (excludes halogenated alkanes) is 16. The van der Waals surface area contributed by atoms with Crippen LogP contribution >= 0.6 is 0 Å². The van der Waals surface area contributed by atoms with Crippen molar-refractivity contribution >= 4 is 5.91 Å². The van der Waals surface area contributed by atoms with Crippen molar-refractivity contribution in [3.63, 3.8) is 0 Å². The average molecular weight is 882 g/mol. The van der Waals surface area contributed by atoms with Crippen molar-refractivity contribution in [1.29, 1.82) is 0 Å². The van der Waals surface area contributed by atoms with Gasteiger partial charge in [0.1, 0.15) is 24.4 Å². The minimum atomic E-state index is -1.58. The number of nitrogens with one attached hydrogen (secondary N) is 1. The zero-order valence-corrected chi connectivity index (χ0v) is 39.5. The molecule has 0 aromatic rings. The lowest BCUT2D eigenvalue weighted by atomic mass is 9.99. The number of hydrogen-bond acceptors (Lipinski definition) is 8. The first-order valence-corrected chi connectivity index (χ1v) is 25.0. The highest BCUT2D eigenvalue weighted by Crippen LogP contribution is 2.22. The normalized spacial score (nSPS) is 21.0. The molecule has 1 rings (SSSR count). The number of allylic oxidation sites excluding steroid dienone is 15. The Labute approximate surface area is 383 Å². The first kappa shape index (κ1) is 58.1. The van der Waals surface area contributed by atoms with Gasteiger partial charge in [-0.25, -0.2) is 0 Å². The van der Waals surface area contributed by atoms with E-state index in [4.69, 9.17) is 9.47 Å². The van der Waals surface area contributed by atoms with Gasteiger partial charge in [-0.15, -0.1) is 0 Å². The number of rotatable bonds is 40. The van der Waals surface area contributed by atoms with E-state index in [1.165, 1.54) is 64.2 Å². The smallest absolute Gasteiger partial charge is 0.220 e. The Hall–Kier alpha value is -2.89. The van der Waals surface area contributed by atoms with Gasteiger partial charge in [-0.2, -0.15) is 0 Å². The predicted octanol–water partition coefficient (Wildman–Crippen LogP) is 11.3. The molecule has 6 N–H and O–H groups in total. The van der Waals surface area contributed by atoms with Gasteiger partial charge in [-0.05, 0) is 89.9 Å². The van der Waals surface area contributed by atoms with Gasteiger partial charge in [0.2, 0.25) is 5.91 Å². The van der Waals surface area contributed by atoms with E-state index >= 15 is 0 Å². The third-order valence-corrected chi connectivity index (χ3v) is 11.1. The van der Waals surface area contributed by atoms with Crippen LogP contribution in [0, 0.1) is 0 Å². The standard InChI is InChI=1S/C54H91NO8/c1-3-5-7-9-11-13-15-17-19-20-21-22-23-24-25-26-27-28-30-32-34-36-38-40-42-44-50(58)55-47(46-62-54-53(61)52(60)51(59)49(45-56)63-54)48(57)43-41-39-37-35-33-31-29-18-16-14-12-10-8-6-4-2/h5,7,11,13,16-19,21-22,24-25,33,35,41,43,47-49,51-54,56-57,59-61H,3-4,6,8-10,12,14-15,20,23,26-32,34,36-40,42,44-46H2,1-2H3,(H,55,58)/b7-5-,13-11-,18-16+,19-17-,22-21-,25-24-,35-33+,43-41+. The third-order valence-electron chi connectivity index (χ3n) is 11.1. The highest BCUT2D eigenvalue weighted by Gasteiger charge is 2.44. The second kappa shape index (κ2) is 43.0. The highest BCUT2D eigenvalue weighted by atomic mass is 16.7. The van der Waals surface area contributed by atoms with Crippen molar-refractivity contribution in [2.45, 2.75) is 224 Å². The lowest BCUT2D eigenvalue weighted by molar-refractivity contribution is -0.302. The molecule has 0 radical (unpaired) electrons. The van der Waals surface area contributed by atoms with Crippen LogP contribution in [0.25, 0.3) is 0 Å². The van der Waals surface area contributed by atoms with E-state index < -0.39 is 49.5 Å². The molecular formula is C54H91NO8. The summed E-state index contributed by atoms with van der Waals surface area (Å²) in [5, 5.41) is 54.3. The van der Waals surface area contributed by atoms with Crippen molar-refractivity contribution in [3.05, 3.63) is 97.2 Å². The van der Waals surface area contributed by atoms with Gasteiger partial charge in [0.15, 0.2) is 6.29 Å². The Kier molecular flexibility index (Phi) is 39.7. The van der Waals surface area contributed by atoms with Crippen molar-refractivity contribution in [2.75, 3.05) is 13.2 Å². The summed E-state index contributed by atoms with van der Waals surface area (Å²) in [4.78, 5) is 13.0. The molecule has 0 saturated carbocycles. The van der Waals surface area contributed by atoms with Crippen LogP contribution in [0.15, 0.2) is 97.2 Å². The Balaban J connectivity index is 2.32. The van der Waals surface area contributed by atoms with Crippen LogP contribution in [0.2, 0.25) is 0 Å². The molecule has 0 aromatic carbocycles. The topological polar surface area (TPSA) is 149 Å². The Morgan fingerprint density at radius 1 is 0.556 bits per heavy atom. The van der Waals surface area contributed by atoms with E-state index in [2.05, 4.69) is 104 Å². The minimum Gasteiger partial charge on any atom is -0.394 e. The molecule has 1 saturated heterocycles. The zero-order valence-electron chi connectivity index (χ0n) is 39.5. The van der Waals surface area contributed by atoms with Crippen LogP contribution in [0.1, 0.15) is 181 Å². The maximum absolute atomic E-state index is 13.0. The average Bonchev–Trinajstić information content (AvgIpc) is 3.28. The number of carbonyl (C=O) groups is 1. The molecule has 1 amide bonds. The highest BCUT2D eigenvalue weighted by molar-refractivity contribution is 5.76. The van der Waals surface area contributed by atoms with E-state index in [9.17, 15) is 30.3 Å². The van der Waals surface area contributed by atoms with E-state index in [0.717, 1.165) is 96.3 Å². The monoisotopic (exact) mass is 882 g/mol. The molecule has 1 aliphatic rings. The molecule has 9 heteroatoms. The summed E-state index contributed by atoms with van der Waals surface area (Å²) in [5.74, 6) is -0.203. The summed E-state index contributed by atoms with van der Waals surface area (Å²) < 4.78 is 11.2. The fourth-order valence-corrected chi connectivity index (χ4v) is 7.15. The number of carbonyl (C=O) groups excluding carboxylic acids is 1. The first-order valence-electron chi connectivity index (χ1n) is 25.0. The summed E-state index contributed by atoms with van der Waals surface area (Å²) >= 11 is 0. The molecule has 7 atom stereocenters. The summed E-state index contributed by atoms with van der Waals surface area (Å²) in [7, 11) is 0. The largest absolute Gasteiger partial charge is 0.394 e. The van der Waals surface area contributed by atoms with Gasteiger partial charge in [0, 0.05) is 6.42 Å². The molecular weight excluding hydrogens is 791 g/mol. The number of aliphatic hydroxyl groups is 5. The van der Waals surface area contributed by atoms with Crippen LogP contribution < -0.4 is 5.32 Å². The predicted molar refractivity (Wildman–Crippen MR) is 262 cm³/mol. The summed E-state index contributed by atoms with van der Waals surface area (Å²) in [6.07, 6.45) is 54.5. The maximum Gasteiger partial charge on any atom is 0.220 e. The Bertz CT molecular complexity index is 1300. The van der Waals surface area contributed by atoms with Crippen molar-refractivity contribution in [3.8, 4) is 0 Å². The second-order valence-electron chi connectivity index (χ2n) is 16.9. The van der Waals surface area contributed by atoms with Crippen molar-refractivity contribution in [1.82, 2.24) is 5.32 Å². The SMILES string of the molecule is CC/C=C\C/C=C\C/C=C\C/C=C\C/C=C\CCCCCCCCCCCC(=O)NC(COC1OC(CO)C(O)C(O)C1O)C(O)/C=C/CC/C=C/CC/C=C/CCCCCCC. The van der Waals surface area contributed by atoms with Gasteiger partial charge in [-0.3, -0.25) is 4.79 Å². The zero-order chi connectivity index (χ0) is 45.9. The number of ether oxygens (including phenoxy) is 2. The molecule has 1 fully saturated rings. The van der Waals surface area contributed by atoms with Gasteiger partial charge in [0.05, 0.1) is 25.4 Å². The van der Waals surface area contributed by atoms with Gasteiger partial charge < -0.3 is 40.3 Å². The van der Waals surface area contributed by atoms with Crippen LogP contribution in [0.3, 0.4) is 0 Å². The fourth-order valence-electron chi connectivity index (χ4n) is 7.15. The van der Waals surface area contributed by atoms with E-state index in [1.54, 1.807) is 6.08 Å². The van der Waals surface area contributed by atoms with E-state index in [0.29, 0.717) is 6.42 Å². The van der Waals surface area contributed by atoms with Crippen LogP contribution in [-0.4, -0.2) is 87.5 Å². The maximum atomic E-state index is 13.0. The lowest BCUT2D eigenvalue weighted by Gasteiger charge is -2.40. The van der Waals surface area contributed by atoms with E-state index in [-0.39, 0.29) is 12.5 Å². The van der Waals surface area contributed by atoms with Gasteiger partial charge in [0.25, 0.3) is 0 Å². The van der Waals surface area contributed by atoms with Crippen LogP contribution in [0.5, 0.6) is 0 Å². The van der Waals surface area contributed by atoms with Crippen LogP contribution in [-0.2, 0) is 14.3 Å². The summed E-state index contributed by atoms with van der Waals surface area (Å²) in [5.41, 5.74) is 0. The molecule has 63 heavy (non-hydrogen) atoms. The van der Waals surface area contributed by atoms with Crippen molar-refractivity contribution < 1.29 is 39.8 Å². The molecule has 7 unspecified atom stereocenters. The van der Waals surface area contributed by atoms with Gasteiger partial charge >= 0.3 is 0 Å². The molecule has 9 nitrogen and oxygen atoms in total. The number of aliphatic hydroxyl groups excluding tert-OH is 5. The quantitative estimate of drug-likeness (QED) is 0.0263.